The summed E-state index contributed by atoms with van der Waals surface area (Å²) >= 11 is 0. The molecule has 2 aromatic carbocycles. The number of rotatable bonds is 7. The number of ketones is 1. The van der Waals surface area contributed by atoms with Gasteiger partial charge in [0.25, 0.3) is 0 Å². The van der Waals surface area contributed by atoms with Crippen LogP contribution < -0.4 is 0 Å². The molecule has 0 atom stereocenters. The van der Waals surface area contributed by atoms with Crippen LogP contribution in [0.3, 0.4) is 0 Å². The van der Waals surface area contributed by atoms with Crippen LogP contribution >= 0.6 is 24.8 Å². The molecule has 0 unspecified atom stereocenters. The zero-order valence-electron chi connectivity index (χ0n) is 17.4. The third kappa shape index (κ3) is 8.31. The number of nitrogens with zero attached hydrogens (tertiary/aromatic N) is 2. The number of hydrogen-bond acceptors (Lipinski definition) is 4. The Morgan fingerprint density at radius 3 is 2.00 bits per heavy atom. The fraction of sp³-hybridized carbons (Fsp3) is 0.250. The van der Waals surface area contributed by atoms with Crippen LogP contribution in [0.4, 0.5) is 0 Å². The Labute approximate surface area is 195 Å². The van der Waals surface area contributed by atoms with Crippen LogP contribution in [0.1, 0.15) is 27.0 Å². The van der Waals surface area contributed by atoms with Crippen LogP contribution in [-0.2, 0) is 11.3 Å². The Kier molecular flexibility index (Phi) is 11.2. The predicted octanol–water partition coefficient (Wildman–Crippen LogP) is 4.27. The molecule has 0 aromatic heterocycles. The van der Waals surface area contributed by atoms with Gasteiger partial charge in [0, 0.05) is 44.4 Å². The minimum Gasteiger partial charge on any atom is -0.478 e. The van der Waals surface area contributed by atoms with E-state index in [1.807, 2.05) is 48.5 Å². The third-order valence-electron chi connectivity index (χ3n) is 5.05. The van der Waals surface area contributed by atoms with Crippen molar-refractivity contribution in [3.05, 3.63) is 82.9 Å². The van der Waals surface area contributed by atoms with E-state index in [0.29, 0.717) is 0 Å². The fourth-order valence-electron chi connectivity index (χ4n) is 3.29. The first-order chi connectivity index (χ1) is 14.0. The molecule has 0 aliphatic carbocycles. The average molecular weight is 463 g/mol. The summed E-state index contributed by atoms with van der Waals surface area (Å²) in [5, 5.41) is 8.68. The highest BCUT2D eigenvalue weighted by Crippen LogP contribution is 2.16. The van der Waals surface area contributed by atoms with Crippen molar-refractivity contribution < 1.29 is 14.7 Å². The standard InChI is InChI=1S/C24H26N2O3.2ClH/c1-25-14-16-26(17-15-25)18-21-4-2-3-5-22(21)23(27)12-10-19-6-8-20(9-7-19)11-13-24(28)29;;/h2-13H,14-18H2,1H3,(H,28,29);2*1H. The highest BCUT2D eigenvalue weighted by atomic mass is 35.5. The lowest BCUT2D eigenvalue weighted by Crippen LogP contribution is -2.44. The number of carboxylic acids is 1. The van der Waals surface area contributed by atoms with E-state index in [1.165, 1.54) is 6.08 Å². The molecule has 0 amide bonds. The Balaban J connectivity index is 0.00000240. The molecule has 7 heteroatoms. The van der Waals surface area contributed by atoms with E-state index in [1.54, 1.807) is 12.2 Å². The number of carbonyl (C=O) groups is 2. The van der Waals surface area contributed by atoms with Gasteiger partial charge in [0.2, 0.25) is 0 Å². The molecule has 0 radical (unpaired) electrons. The lowest BCUT2D eigenvalue weighted by Gasteiger charge is -2.32. The highest BCUT2D eigenvalue weighted by Gasteiger charge is 2.16. The third-order valence-corrected chi connectivity index (χ3v) is 5.05. The van der Waals surface area contributed by atoms with Crippen molar-refractivity contribution in [1.82, 2.24) is 9.80 Å². The highest BCUT2D eigenvalue weighted by molar-refractivity contribution is 6.07. The first kappa shape index (κ1) is 26.6. The number of aliphatic carboxylic acids is 1. The summed E-state index contributed by atoms with van der Waals surface area (Å²) in [5.74, 6) is -0.987. The number of allylic oxidation sites excluding steroid dienone is 1. The van der Waals surface area contributed by atoms with Gasteiger partial charge in [0.1, 0.15) is 0 Å². The molecule has 2 aromatic rings. The van der Waals surface area contributed by atoms with E-state index in [9.17, 15) is 9.59 Å². The zero-order chi connectivity index (χ0) is 20.6. The van der Waals surface area contributed by atoms with Crippen molar-refractivity contribution in [1.29, 1.82) is 0 Å². The Morgan fingerprint density at radius 2 is 1.42 bits per heavy atom. The number of hydrogen-bond donors (Lipinski definition) is 1. The summed E-state index contributed by atoms with van der Waals surface area (Å²) in [4.78, 5) is 28.1. The number of piperazine rings is 1. The fourth-order valence-corrected chi connectivity index (χ4v) is 3.29. The summed E-state index contributed by atoms with van der Waals surface area (Å²) in [6, 6.07) is 15.2. The number of carboxylic acid groups (broad SMARTS) is 1. The monoisotopic (exact) mass is 462 g/mol. The van der Waals surface area contributed by atoms with Gasteiger partial charge in [-0.05, 0) is 35.9 Å². The normalized spacial score (nSPS) is 14.9. The molecule has 0 spiro atoms. The minimum absolute atomic E-state index is 0. The van der Waals surface area contributed by atoms with Crippen LogP contribution in [-0.4, -0.2) is 59.9 Å². The van der Waals surface area contributed by atoms with E-state index < -0.39 is 5.97 Å². The Morgan fingerprint density at radius 1 is 0.871 bits per heavy atom. The maximum atomic E-state index is 12.8. The van der Waals surface area contributed by atoms with Gasteiger partial charge in [-0.3, -0.25) is 9.69 Å². The SMILES string of the molecule is CN1CCN(Cc2ccccc2C(=O)C=Cc2ccc(C=CC(=O)O)cc2)CC1.Cl.Cl. The second-order valence-electron chi connectivity index (χ2n) is 7.27. The summed E-state index contributed by atoms with van der Waals surface area (Å²) in [6.07, 6.45) is 6.03. The quantitative estimate of drug-likeness (QED) is 0.491. The number of halogens is 2. The molecule has 166 valence electrons. The van der Waals surface area contributed by atoms with E-state index in [2.05, 4.69) is 16.8 Å². The van der Waals surface area contributed by atoms with E-state index in [4.69, 9.17) is 5.11 Å². The van der Waals surface area contributed by atoms with Crippen LogP contribution in [0.15, 0.2) is 60.7 Å². The maximum Gasteiger partial charge on any atom is 0.328 e. The van der Waals surface area contributed by atoms with Gasteiger partial charge in [-0.2, -0.15) is 0 Å². The van der Waals surface area contributed by atoms with Crippen molar-refractivity contribution >= 4 is 48.7 Å². The average Bonchev–Trinajstić information content (AvgIpc) is 2.73. The second kappa shape index (κ2) is 13.1. The van der Waals surface area contributed by atoms with Crippen LogP contribution in [0.2, 0.25) is 0 Å². The summed E-state index contributed by atoms with van der Waals surface area (Å²) in [6.45, 7) is 4.91. The molecule has 3 rings (SSSR count). The summed E-state index contributed by atoms with van der Waals surface area (Å²) in [5.41, 5.74) is 3.49. The molecule has 1 aliphatic rings. The molecule has 1 N–H and O–H groups in total. The van der Waals surface area contributed by atoms with Crippen LogP contribution in [0, 0.1) is 0 Å². The number of carbonyl (C=O) groups excluding carboxylic acids is 1. The molecule has 1 fully saturated rings. The van der Waals surface area contributed by atoms with Gasteiger partial charge < -0.3 is 10.0 Å². The van der Waals surface area contributed by atoms with Crippen LogP contribution in [0.5, 0.6) is 0 Å². The number of benzene rings is 2. The molecular weight excluding hydrogens is 435 g/mol. The molecule has 5 nitrogen and oxygen atoms in total. The van der Waals surface area contributed by atoms with Gasteiger partial charge in [-0.25, -0.2) is 4.79 Å². The Hall–Kier alpha value is -2.44. The smallest absolute Gasteiger partial charge is 0.328 e. The van der Waals surface area contributed by atoms with Gasteiger partial charge >= 0.3 is 5.97 Å². The molecule has 1 saturated heterocycles. The van der Waals surface area contributed by atoms with Gasteiger partial charge in [0.05, 0.1) is 0 Å². The van der Waals surface area contributed by atoms with Crippen LogP contribution in [0.25, 0.3) is 12.2 Å². The maximum absolute atomic E-state index is 12.8. The molecule has 31 heavy (non-hydrogen) atoms. The van der Waals surface area contributed by atoms with Crippen molar-refractivity contribution in [2.24, 2.45) is 0 Å². The van der Waals surface area contributed by atoms with Crippen molar-refractivity contribution in [3.63, 3.8) is 0 Å². The van der Waals surface area contributed by atoms with Crippen molar-refractivity contribution in [2.75, 3.05) is 33.2 Å². The summed E-state index contributed by atoms with van der Waals surface area (Å²) in [7, 11) is 2.13. The van der Waals surface area contributed by atoms with Crippen molar-refractivity contribution in [3.8, 4) is 0 Å². The molecular formula is C24H28Cl2N2O3. The zero-order valence-corrected chi connectivity index (χ0v) is 19.1. The molecule has 1 heterocycles. The minimum atomic E-state index is -0.977. The topological polar surface area (TPSA) is 60.9 Å². The lowest BCUT2D eigenvalue weighted by atomic mass is 10.0. The first-order valence-corrected chi connectivity index (χ1v) is 9.73. The predicted molar refractivity (Wildman–Crippen MR) is 130 cm³/mol. The Bertz CT molecular complexity index is 919. The molecule has 0 saturated carbocycles. The molecule has 0 bridgehead atoms. The van der Waals surface area contributed by atoms with Gasteiger partial charge in [0.15, 0.2) is 5.78 Å². The van der Waals surface area contributed by atoms with E-state index in [-0.39, 0.29) is 30.6 Å². The lowest BCUT2D eigenvalue weighted by molar-refractivity contribution is -0.131. The van der Waals surface area contributed by atoms with Gasteiger partial charge in [-0.15, -0.1) is 24.8 Å². The summed E-state index contributed by atoms with van der Waals surface area (Å²) < 4.78 is 0. The van der Waals surface area contributed by atoms with Crippen molar-refractivity contribution in [2.45, 2.75) is 6.54 Å². The first-order valence-electron chi connectivity index (χ1n) is 9.73. The van der Waals surface area contributed by atoms with E-state index in [0.717, 1.165) is 61.1 Å². The second-order valence-corrected chi connectivity index (χ2v) is 7.27. The largest absolute Gasteiger partial charge is 0.478 e. The number of likely N-dealkylation sites (N-methyl/N-ethyl adjacent to an activating group) is 1. The molecule has 1 aliphatic heterocycles. The van der Waals surface area contributed by atoms with E-state index >= 15 is 0 Å². The van der Waals surface area contributed by atoms with Gasteiger partial charge in [-0.1, -0.05) is 54.6 Å².